The predicted octanol–water partition coefficient (Wildman–Crippen LogP) is 5.74. The van der Waals surface area contributed by atoms with Crippen LogP contribution in [0.3, 0.4) is 0 Å². The maximum Gasteiger partial charge on any atom is -0.00752 e. The molecule has 0 bridgehead atoms. The SMILES string of the molecule is CC(C)Cc1cccc(C(C)(C)C2CCCCC2)c1. The molecule has 1 aliphatic rings. The van der Waals surface area contributed by atoms with Gasteiger partial charge in [0.15, 0.2) is 0 Å². The minimum Gasteiger partial charge on any atom is -0.0625 e. The Morgan fingerprint density at radius 2 is 1.79 bits per heavy atom. The standard InChI is InChI=1S/C19H30/c1-15(2)13-16-9-8-12-18(14-16)19(3,4)17-10-6-5-7-11-17/h8-9,12,14-15,17H,5-7,10-11,13H2,1-4H3. The fourth-order valence-electron chi connectivity index (χ4n) is 3.63. The Balaban J connectivity index is 2.18. The summed E-state index contributed by atoms with van der Waals surface area (Å²) in [6.45, 7) is 9.52. The minimum absolute atomic E-state index is 0.341. The lowest BCUT2D eigenvalue weighted by Gasteiger charge is -2.38. The van der Waals surface area contributed by atoms with E-state index < -0.39 is 0 Å². The van der Waals surface area contributed by atoms with E-state index in [1.54, 1.807) is 5.56 Å². The highest BCUT2D eigenvalue weighted by molar-refractivity contribution is 5.30. The van der Waals surface area contributed by atoms with Crippen LogP contribution in [0.2, 0.25) is 0 Å². The molecule has 0 aromatic heterocycles. The van der Waals surface area contributed by atoms with Gasteiger partial charge in [0.05, 0.1) is 0 Å². The van der Waals surface area contributed by atoms with Crippen LogP contribution in [0.1, 0.15) is 70.9 Å². The van der Waals surface area contributed by atoms with Crippen LogP contribution in [0.5, 0.6) is 0 Å². The van der Waals surface area contributed by atoms with Gasteiger partial charge in [0.2, 0.25) is 0 Å². The maximum atomic E-state index is 2.47. The molecule has 19 heavy (non-hydrogen) atoms. The van der Waals surface area contributed by atoms with Gasteiger partial charge >= 0.3 is 0 Å². The number of benzene rings is 1. The van der Waals surface area contributed by atoms with Crippen LogP contribution in [-0.4, -0.2) is 0 Å². The van der Waals surface area contributed by atoms with E-state index in [0.717, 1.165) is 11.8 Å². The second-order valence-corrected chi connectivity index (χ2v) is 7.35. The first-order valence-corrected chi connectivity index (χ1v) is 8.09. The van der Waals surface area contributed by atoms with Crippen molar-refractivity contribution in [3.05, 3.63) is 35.4 Å². The first-order valence-electron chi connectivity index (χ1n) is 8.09. The molecule has 0 heteroatoms. The Kier molecular flexibility index (Phi) is 4.71. The highest BCUT2D eigenvalue weighted by Gasteiger charge is 2.32. The molecule has 0 atom stereocenters. The predicted molar refractivity (Wildman–Crippen MR) is 84.6 cm³/mol. The van der Waals surface area contributed by atoms with Crippen LogP contribution in [0.15, 0.2) is 24.3 Å². The summed E-state index contributed by atoms with van der Waals surface area (Å²) in [4.78, 5) is 0. The van der Waals surface area contributed by atoms with Gasteiger partial charge in [0.1, 0.15) is 0 Å². The van der Waals surface area contributed by atoms with Crippen molar-refractivity contribution >= 4 is 0 Å². The fraction of sp³-hybridized carbons (Fsp3) is 0.684. The maximum absolute atomic E-state index is 2.47. The Bertz CT molecular complexity index is 394. The third kappa shape index (κ3) is 3.61. The van der Waals surface area contributed by atoms with E-state index in [1.807, 2.05) is 0 Å². The summed E-state index contributed by atoms with van der Waals surface area (Å²) in [7, 11) is 0. The Morgan fingerprint density at radius 3 is 2.42 bits per heavy atom. The van der Waals surface area contributed by atoms with Crippen molar-refractivity contribution in [2.24, 2.45) is 11.8 Å². The third-order valence-electron chi connectivity index (χ3n) is 4.94. The molecule has 0 saturated heterocycles. The van der Waals surface area contributed by atoms with E-state index in [1.165, 1.54) is 44.1 Å². The van der Waals surface area contributed by atoms with Gasteiger partial charge in [-0.05, 0) is 47.6 Å². The lowest BCUT2D eigenvalue weighted by atomic mass is 9.67. The van der Waals surface area contributed by atoms with Crippen LogP contribution in [0.4, 0.5) is 0 Å². The van der Waals surface area contributed by atoms with Crippen molar-refractivity contribution in [2.45, 2.75) is 71.6 Å². The first-order chi connectivity index (χ1) is 9.00. The van der Waals surface area contributed by atoms with Gasteiger partial charge in [-0.1, -0.05) is 71.2 Å². The zero-order chi connectivity index (χ0) is 13.9. The normalized spacial score (nSPS) is 17.9. The van der Waals surface area contributed by atoms with Gasteiger partial charge in [-0.2, -0.15) is 0 Å². The van der Waals surface area contributed by atoms with Gasteiger partial charge in [0, 0.05) is 0 Å². The van der Waals surface area contributed by atoms with Gasteiger partial charge in [-0.15, -0.1) is 0 Å². The van der Waals surface area contributed by atoms with E-state index in [2.05, 4.69) is 52.0 Å². The van der Waals surface area contributed by atoms with Gasteiger partial charge < -0.3 is 0 Å². The molecule has 0 spiro atoms. The quantitative estimate of drug-likeness (QED) is 0.645. The van der Waals surface area contributed by atoms with E-state index in [9.17, 15) is 0 Å². The highest BCUT2D eigenvalue weighted by Crippen LogP contribution is 2.40. The van der Waals surface area contributed by atoms with Crippen LogP contribution in [-0.2, 0) is 11.8 Å². The van der Waals surface area contributed by atoms with Crippen LogP contribution in [0.25, 0.3) is 0 Å². The van der Waals surface area contributed by atoms with Crippen molar-refractivity contribution in [3.63, 3.8) is 0 Å². The van der Waals surface area contributed by atoms with E-state index in [4.69, 9.17) is 0 Å². The molecule has 1 aromatic carbocycles. The van der Waals surface area contributed by atoms with E-state index in [0.29, 0.717) is 5.41 Å². The largest absolute Gasteiger partial charge is 0.0625 e. The minimum atomic E-state index is 0.341. The zero-order valence-corrected chi connectivity index (χ0v) is 13.2. The molecular weight excluding hydrogens is 228 g/mol. The summed E-state index contributed by atoms with van der Waals surface area (Å²) >= 11 is 0. The van der Waals surface area contributed by atoms with Crippen LogP contribution >= 0.6 is 0 Å². The van der Waals surface area contributed by atoms with Gasteiger partial charge in [-0.25, -0.2) is 0 Å². The van der Waals surface area contributed by atoms with Gasteiger partial charge in [0.25, 0.3) is 0 Å². The summed E-state index contributed by atoms with van der Waals surface area (Å²) in [5.74, 6) is 1.61. The Hall–Kier alpha value is -0.780. The zero-order valence-electron chi connectivity index (χ0n) is 13.2. The highest BCUT2D eigenvalue weighted by atomic mass is 14.4. The summed E-state index contributed by atoms with van der Waals surface area (Å²) < 4.78 is 0. The molecule has 1 aromatic rings. The topological polar surface area (TPSA) is 0 Å². The molecule has 0 N–H and O–H groups in total. The van der Waals surface area contributed by atoms with Crippen molar-refractivity contribution < 1.29 is 0 Å². The number of rotatable bonds is 4. The smallest absolute Gasteiger partial charge is 0.00752 e. The summed E-state index contributed by atoms with van der Waals surface area (Å²) in [5.41, 5.74) is 3.40. The second kappa shape index (κ2) is 6.11. The molecule has 106 valence electrons. The lowest BCUT2D eigenvalue weighted by molar-refractivity contribution is 0.236. The molecule has 1 fully saturated rings. The molecule has 0 radical (unpaired) electrons. The molecule has 0 unspecified atom stereocenters. The second-order valence-electron chi connectivity index (χ2n) is 7.35. The van der Waals surface area contributed by atoms with E-state index in [-0.39, 0.29) is 0 Å². The molecule has 0 aliphatic heterocycles. The lowest BCUT2D eigenvalue weighted by Crippen LogP contribution is -2.30. The first kappa shape index (κ1) is 14.6. The van der Waals surface area contributed by atoms with Crippen molar-refractivity contribution in [2.75, 3.05) is 0 Å². The molecular formula is C19H30. The average Bonchev–Trinajstić information content (AvgIpc) is 2.39. The van der Waals surface area contributed by atoms with E-state index >= 15 is 0 Å². The summed E-state index contributed by atoms with van der Waals surface area (Å²) in [5, 5.41) is 0. The molecule has 2 rings (SSSR count). The summed E-state index contributed by atoms with van der Waals surface area (Å²) in [6.07, 6.45) is 8.34. The third-order valence-corrected chi connectivity index (χ3v) is 4.94. The Morgan fingerprint density at radius 1 is 1.11 bits per heavy atom. The molecule has 0 nitrogen and oxygen atoms in total. The molecule has 0 amide bonds. The molecule has 0 heterocycles. The van der Waals surface area contributed by atoms with Gasteiger partial charge in [-0.3, -0.25) is 0 Å². The summed E-state index contributed by atoms with van der Waals surface area (Å²) in [6, 6.07) is 9.37. The molecule has 1 saturated carbocycles. The number of hydrogen-bond acceptors (Lipinski definition) is 0. The average molecular weight is 258 g/mol. The Labute approximate surface area is 119 Å². The van der Waals surface area contributed by atoms with Crippen molar-refractivity contribution in [1.29, 1.82) is 0 Å². The van der Waals surface area contributed by atoms with Crippen molar-refractivity contribution in [3.8, 4) is 0 Å². The fourth-order valence-corrected chi connectivity index (χ4v) is 3.63. The number of hydrogen-bond donors (Lipinski definition) is 0. The monoisotopic (exact) mass is 258 g/mol. The van der Waals surface area contributed by atoms with Crippen molar-refractivity contribution in [1.82, 2.24) is 0 Å². The van der Waals surface area contributed by atoms with Crippen LogP contribution < -0.4 is 0 Å². The van der Waals surface area contributed by atoms with Crippen LogP contribution in [0, 0.1) is 11.8 Å². The molecule has 1 aliphatic carbocycles.